The van der Waals surface area contributed by atoms with E-state index >= 15 is 0 Å². The number of aromatic nitrogens is 4. The van der Waals surface area contributed by atoms with Gasteiger partial charge in [-0.05, 0) is 78.3 Å². The summed E-state index contributed by atoms with van der Waals surface area (Å²) in [5.41, 5.74) is 2.91. The lowest BCUT2D eigenvalue weighted by atomic mass is 9.96. The fraction of sp³-hybridized carbons (Fsp3) is 0.281. The van der Waals surface area contributed by atoms with Gasteiger partial charge in [0.05, 0.1) is 24.2 Å². The van der Waals surface area contributed by atoms with Crippen LogP contribution in [0.5, 0.6) is 5.75 Å². The summed E-state index contributed by atoms with van der Waals surface area (Å²) in [6.45, 7) is 7.09. The van der Waals surface area contributed by atoms with Gasteiger partial charge in [0.25, 0.3) is 5.91 Å². The molecule has 3 heterocycles. The van der Waals surface area contributed by atoms with Crippen LogP contribution < -0.4 is 5.32 Å². The minimum Gasteiger partial charge on any atom is -0.505 e. The van der Waals surface area contributed by atoms with Gasteiger partial charge in [0.2, 0.25) is 0 Å². The highest BCUT2D eigenvalue weighted by Gasteiger charge is 2.30. The van der Waals surface area contributed by atoms with Crippen LogP contribution in [0.1, 0.15) is 41.2 Å². The molecule has 1 aliphatic rings. The van der Waals surface area contributed by atoms with Crippen LogP contribution in [-0.4, -0.2) is 61.9 Å². The lowest BCUT2D eigenvalue weighted by Crippen LogP contribution is -2.36. The van der Waals surface area contributed by atoms with Crippen LogP contribution in [0.4, 0.5) is 22.0 Å². The normalized spacial score (nSPS) is 13.0. The van der Waals surface area contributed by atoms with Crippen LogP contribution in [0.25, 0.3) is 33.5 Å². The number of rotatable bonds is 6. The number of hydrogen-bond donors (Lipinski definition) is 4. The Morgan fingerprint density at radius 3 is 2.44 bits per heavy atom. The van der Waals surface area contributed by atoms with Gasteiger partial charge in [-0.3, -0.25) is 9.89 Å². The summed E-state index contributed by atoms with van der Waals surface area (Å²) in [5.74, 6) is -2.09. The SMILES string of the molecule is CCNCC.O=C(c1ccc(F)cc1)N1CCc2[nH]c(-c3n[nH]c4cc(-c5cc(F)c(O)cc5CC(F)(F)F)ccc34)nc2C1. The Balaban J connectivity index is 0.000000743. The number of carbonyl (C=O) groups is 1. The largest absolute Gasteiger partial charge is 0.505 e. The molecule has 1 amide bonds. The number of amides is 1. The van der Waals surface area contributed by atoms with Gasteiger partial charge in [-0.1, -0.05) is 19.9 Å². The number of phenols is 1. The topological polar surface area (TPSA) is 110 Å². The van der Waals surface area contributed by atoms with Crippen LogP contribution in [0, 0.1) is 11.6 Å². The summed E-state index contributed by atoms with van der Waals surface area (Å²) in [7, 11) is 0. The molecule has 0 saturated carbocycles. The molecule has 0 unspecified atom stereocenters. The molecule has 13 heteroatoms. The maximum Gasteiger partial charge on any atom is 0.393 e. The standard InChI is InChI=1S/C28H20F5N5O2.C4H11N/c29-17-4-1-14(2-5-17)27(40)38-8-7-21-23(13-38)35-26(34-21)25-18-6-3-15(9-22(18)36-37-25)19-11-20(30)24(39)10-16(19)12-28(31,32)33;1-3-5-4-2/h1-6,9-11,39H,7-8,12-13H2,(H,34,35)(H,36,37);5H,3-4H2,1-2H3. The third-order valence-corrected chi connectivity index (χ3v) is 7.38. The number of H-pyrrole nitrogens is 2. The van der Waals surface area contributed by atoms with E-state index in [0.717, 1.165) is 30.9 Å². The van der Waals surface area contributed by atoms with Crippen molar-refractivity contribution in [2.24, 2.45) is 0 Å². The molecular weight excluding hydrogens is 595 g/mol. The fourth-order valence-corrected chi connectivity index (χ4v) is 5.20. The van der Waals surface area contributed by atoms with E-state index in [2.05, 4.69) is 39.3 Å². The fourth-order valence-electron chi connectivity index (χ4n) is 5.20. The Morgan fingerprint density at radius 1 is 1.04 bits per heavy atom. The van der Waals surface area contributed by atoms with Crippen molar-refractivity contribution in [2.45, 2.75) is 39.4 Å². The van der Waals surface area contributed by atoms with Crippen molar-refractivity contribution in [2.75, 3.05) is 19.6 Å². The molecule has 0 spiro atoms. The number of aromatic amines is 2. The molecule has 0 atom stereocenters. The molecule has 5 aromatic rings. The highest BCUT2D eigenvalue weighted by Crippen LogP contribution is 2.36. The first-order valence-corrected chi connectivity index (χ1v) is 14.4. The number of benzene rings is 3. The van der Waals surface area contributed by atoms with E-state index in [4.69, 9.17) is 0 Å². The molecule has 0 saturated heterocycles. The van der Waals surface area contributed by atoms with E-state index in [9.17, 15) is 31.9 Å². The molecule has 2 aromatic heterocycles. The van der Waals surface area contributed by atoms with E-state index in [1.165, 1.54) is 24.3 Å². The number of carbonyl (C=O) groups excluding carboxylic acids is 1. The first kappa shape index (κ1) is 31.6. The van der Waals surface area contributed by atoms with Crippen molar-refractivity contribution in [3.05, 3.63) is 88.7 Å². The zero-order chi connectivity index (χ0) is 32.3. The van der Waals surface area contributed by atoms with Crippen LogP contribution in [0.2, 0.25) is 0 Å². The Labute approximate surface area is 255 Å². The third kappa shape index (κ3) is 7.14. The Kier molecular flexibility index (Phi) is 9.19. The van der Waals surface area contributed by atoms with Crippen molar-refractivity contribution in [1.82, 2.24) is 30.4 Å². The van der Waals surface area contributed by atoms with Crippen LogP contribution >= 0.6 is 0 Å². The molecule has 4 N–H and O–H groups in total. The van der Waals surface area contributed by atoms with E-state index in [-0.39, 0.29) is 23.6 Å². The number of alkyl halides is 3. The first-order chi connectivity index (χ1) is 21.5. The smallest absolute Gasteiger partial charge is 0.393 e. The zero-order valence-corrected chi connectivity index (χ0v) is 24.5. The molecule has 1 aliphatic heterocycles. The van der Waals surface area contributed by atoms with Gasteiger partial charge in [0, 0.05) is 29.6 Å². The maximum absolute atomic E-state index is 14.1. The van der Waals surface area contributed by atoms with Gasteiger partial charge >= 0.3 is 6.18 Å². The Hall–Kier alpha value is -4.78. The van der Waals surface area contributed by atoms with E-state index in [1.807, 2.05) is 0 Å². The van der Waals surface area contributed by atoms with Gasteiger partial charge in [-0.25, -0.2) is 13.8 Å². The number of hydrogen-bond acceptors (Lipinski definition) is 5. The van der Waals surface area contributed by atoms with E-state index < -0.39 is 30.0 Å². The van der Waals surface area contributed by atoms with Crippen LogP contribution in [-0.2, 0) is 19.4 Å². The van der Waals surface area contributed by atoms with Gasteiger partial charge in [0.15, 0.2) is 17.4 Å². The van der Waals surface area contributed by atoms with Gasteiger partial charge in [0.1, 0.15) is 11.5 Å². The lowest BCUT2D eigenvalue weighted by Gasteiger charge is -2.26. The number of halogens is 5. The number of fused-ring (bicyclic) bond motifs is 2. The first-order valence-electron chi connectivity index (χ1n) is 14.4. The molecule has 0 aliphatic carbocycles. The van der Waals surface area contributed by atoms with E-state index in [1.54, 1.807) is 23.1 Å². The van der Waals surface area contributed by atoms with E-state index in [0.29, 0.717) is 52.2 Å². The minimum absolute atomic E-state index is 0.00468. The zero-order valence-electron chi connectivity index (χ0n) is 24.5. The minimum atomic E-state index is -4.55. The maximum atomic E-state index is 14.1. The number of nitrogens with one attached hydrogen (secondary N) is 3. The number of nitrogens with zero attached hydrogens (tertiary/aromatic N) is 3. The molecular formula is C32H31F5N6O2. The average Bonchev–Trinajstić information content (AvgIpc) is 3.62. The monoisotopic (exact) mass is 626 g/mol. The Morgan fingerprint density at radius 2 is 1.78 bits per heavy atom. The summed E-state index contributed by atoms with van der Waals surface area (Å²) in [6.07, 6.45) is -5.36. The molecule has 0 bridgehead atoms. The predicted molar refractivity (Wildman–Crippen MR) is 160 cm³/mol. The number of imidazole rings is 1. The van der Waals surface area contributed by atoms with Gasteiger partial charge < -0.3 is 20.3 Å². The average molecular weight is 627 g/mol. The van der Waals surface area contributed by atoms with Crippen LogP contribution in [0.15, 0.2) is 54.6 Å². The highest BCUT2D eigenvalue weighted by molar-refractivity contribution is 5.95. The summed E-state index contributed by atoms with van der Waals surface area (Å²) in [5, 5.41) is 20.6. The summed E-state index contributed by atoms with van der Waals surface area (Å²) in [4.78, 5) is 22.4. The van der Waals surface area contributed by atoms with Crippen molar-refractivity contribution >= 4 is 16.8 Å². The second-order valence-electron chi connectivity index (χ2n) is 10.5. The molecule has 3 aromatic carbocycles. The van der Waals surface area contributed by atoms with Crippen molar-refractivity contribution in [1.29, 1.82) is 0 Å². The van der Waals surface area contributed by atoms with Gasteiger partial charge in [-0.15, -0.1) is 0 Å². The number of phenolic OH excluding ortho intramolecular Hbond substituents is 1. The lowest BCUT2D eigenvalue weighted by molar-refractivity contribution is -0.127. The second kappa shape index (κ2) is 13.1. The number of aromatic hydroxyl groups is 1. The van der Waals surface area contributed by atoms with Gasteiger partial charge in [-0.2, -0.15) is 18.3 Å². The summed E-state index contributed by atoms with van der Waals surface area (Å²) >= 11 is 0. The molecule has 6 rings (SSSR count). The van der Waals surface area contributed by atoms with Crippen molar-refractivity contribution in [3.8, 4) is 28.4 Å². The quantitative estimate of drug-likeness (QED) is 0.161. The molecule has 8 nitrogen and oxygen atoms in total. The van der Waals surface area contributed by atoms with Crippen LogP contribution in [0.3, 0.4) is 0 Å². The van der Waals surface area contributed by atoms with Crippen molar-refractivity contribution in [3.63, 3.8) is 0 Å². The second-order valence-corrected chi connectivity index (χ2v) is 10.5. The van der Waals surface area contributed by atoms with Crippen molar-refractivity contribution < 1.29 is 31.9 Å². The highest BCUT2D eigenvalue weighted by atomic mass is 19.4. The molecule has 45 heavy (non-hydrogen) atoms. The third-order valence-electron chi connectivity index (χ3n) is 7.38. The Bertz CT molecular complexity index is 1810. The molecule has 0 fully saturated rings. The molecule has 236 valence electrons. The summed E-state index contributed by atoms with van der Waals surface area (Å²) < 4.78 is 66.8. The molecule has 0 radical (unpaired) electrons. The predicted octanol–water partition coefficient (Wildman–Crippen LogP) is 6.52. The summed E-state index contributed by atoms with van der Waals surface area (Å²) in [6, 6.07) is 11.8.